The summed E-state index contributed by atoms with van der Waals surface area (Å²) in [5.74, 6) is 2.22. The molecular weight excluding hydrogens is 423 g/mol. The molecule has 12 heteroatoms. The van der Waals surface area contributed by atoms with Crippen LogP contribution in [0.4, 0.5) is 19.0 Å². The zero-order valence-electron chi connectivity index (χ0n) is 16.6. The van der Waals surface area contributed by atoms with E-state index in [1.54, 1.807) is 14.0 Å². The van der Waals surface area contributed by atoms with Crippen molar-refractivity contribution in [2.75, 3.05) is 31.6 Å². The van der Waals surface area contributed by atoms with Crippen LogP contribution in [0.2, 0.25) is 5.02 Å². The van der Waals surface area contributed by atoms with Crippen LogP contribution in [0, 0.1) is 6.92 Å². The average molecular weight is 446 g/mol. The third-order valence-corrected chi connectivity index (χ3v) is 4.91. The standard InChI is InChI=1S/C18H23ClF3N7O/c1-11-26-15(30-28-11)4-3-6-24-17(23-2)27-13-5-7-29(10-13)16-14(19)8-12(9-25-16)18(20,21)22/h8-9,13H,3-7,10H2,1-2H3,(H2,23,24,27). The third kappa shape index (κ3) is 5.74. The molecular formula is C18H23ClF3N7O. The number of pyridine rings is 1. The van der Waals surface area contributed by atoms with Crippen LogP contribution >= 0.6 is 11.6 Å². The molecule has 0 aliphatic carbocycles. The van der Waals surface area contributed by atoms with Crippen LogP contribution in [0.1, 0.15) is 30.1 Å². The number of nitrogens with one attached hydrogen (secondary N) is 2. The Morgan fingerprint density at radius 3 is 2.87 bits per heavy atom. The topological polar surface area (TPSA) is 91.5 Å². The second-order valence-electron chi connectivity index (χ2n) is 6.94. The molecule has 8 nitrogen and oxygen atoms in total. The number of halogens is 4. The van der Waals surface area contributed by atoms with E-state index < -0.39 is 11.7 Å². The molecule has 1 unspecified atom stereocenters. The highest BCUT2D eigenvalue weighted by atomic mass is 35.5. The van der Waals surface area contributed by atoms with E-state index in [4.69, 9.17) is 16.1 Å². The van der Waals surface area contributed by atoms with E-state index in [0.717, 1.165) is 25.1 Å². The molecule has 1 aliphatic rings. The number of hydrogen-bond donors (Lipinski definition) is 2. The Hall–Kier alpha value is -2.56. The van der Waals surface area contributed by atoms with E-state index >= 15 is 0 Å². The van der Waals surface area contributed by atoms with Gasteiger partial charge in [-0.05, 0) is 25.8 Å². The summed E-state index contributed by atoms with van der Waals surface area (Å²) < 4.78 is 43.5. The van der Waals surface area contributed by atoms with Crippen LogP contribution in [0.15, 0.2) is 21.8 Å². The molecule has 0 spiro atoms. The SMILES string of the molecule is CN=C(NCCCc1nc(C)no1)NC1CCN(c2ncc(C(F)(F)F)cc2Cl)C1. The number of alkyl halides is 3. The summed E-state index contributed by atoms with van der Waals surface area (Å²) in [6, 6.07) is 0.977. The molecule has 30 heavy (non-hydrogen) atoms. The van der Waals surface area contributed by atoms with Crippen molar-refractivity contribution in [1.82, 2.24) is 25.8 Å². The number of anilines is 1. The maximum atomic E-state index is 12.8. The second-order valence-corrected chi connectivity index (χ2v) is 7.35. The fourth-order valence-electron chi connectivity index (χ4n) is 3.16. The molecule has 2 N–H and O–H groups in total. The van der Waals surface area contributed by atoms with Crippen LogP contribution < -0.4 is 15.5 Å². The molecule has 1 atom stereocenters. The number of aromatic nitrogens is 3. The van der Waals surface area contributed by atoms with E-state index in [1.165, 1.54) is 0 Å². The highest BCUT2D eigenvalue weighted by Gasteiger charge is 2.33. The van der Waals surface area contributed by atoms with Crippen LogP contribution in [-0.2, 0) is 12.6 Å². The van der Waals surface area contributed by atoms with Crippen LogP contribution in [0.25, 0.3) is 0 Å². The molecule has 0 amide bonds. The van der Waals surface area contributed by atoms with Gasteiger partial charge in [-0.25, -0.2) is 4.98 Å². The first-order valence-corrected chi connectivity index (χ1v) is 9.88. The molecule has 0 saturated carbocycles. The lowest BCUT2D eigenvalue weighted by Gasteiger charge is -2.21. The minimum absolute atomic E-state index is 0.00996. The zero-order valence-corrected chi connectivity index (χ0v) is 17.4. The molecule has 2 aromatic heterocycles. The van der Waals surface area contributed by atoms with E-state index in [9.17, 15) is 13.2 Å². The first kappa shape index (κ1) is 22.1. The molecule has 2 aromatic rings. The number of rotatable bonds is 6. The Balaban J connectivity index is 1.47. The molecule has 1 fully saturated rings. The number of guanidine groups is 1. The lowest BCUT2D eigenvalue weighted by atomic mass is 10.2. The Bertz CT molecular complexity index is 887. The van der Waals surface area contributed by atoms with Gasteiger partial charge in [-0.1, -0.05) is 16.8 Å². The van der Waals surface area contributed by atoms with Crippen molar-refractivity contribution in [1.29, 1.82) is 0 Å². The van der Waals surface area contributed by atoms with Gasteiger partial charge >= 0.3 is 6.18 Å². The predicted molar refractivity (Wildman–Crippen MR) is 107 cm³/mol. The second kappa shape index (κ2) is 9.50. The van der Waals surface area contributed by atoms with Gasteiger partial charge in [0.15, 0.2) is 11.8 Å². The van der Waals surface area contributed by atoms with Gasteiger partial charge in [0, 0.05) is 45.3 Å². The molecule has 3 heterocycles. The number of nitrogens with zero attached hydrogens (tertiary/aromatic N) is 5. The van der Waals surface area contributed by atoms with Crippen LogP contribution in [0.3, 0.4) is 0 Å². The fourth-order valence-corrected chi connectivity index (χ4v) is 3.45. The zero-order chi connectivity index (χ0) is 21.7. The lowest BCUT2D eigenvalue weighted by Crippen LogP contribution is -2.45. The van der Waals surface area contributed by atoms with Crippen molar-refractivity contribution in [3.8, 4) is 0 Å². The van der Waals surface area contributed by atoms with Crippen molar-refractivity contribution in [2.45, 2.75) is 38.4 Å². The van der Waals surface area contributed by atoms with Gasteiger partial charge in [-0.3, -0.25) is 4.99 Å². The maximum absolute atomic E-state index is 12.8. The van der Waals surface area contributed by atoms with Crippen molar-refractivity contribution in [3.63, 3.8) is 0 Å². The highest BCUT2D eigenvalue weighted by Crippen LogP contribution is 2.34. The monoisotopic (exact) mass is 445 g/mol. The van der Waals surface area contributed by atoms with Gasteiger partial charge < -0.3 is 20.1 Å². The Labute approximate surface area is 176 Å². The van der Waals surface area contributed by atoms with Crippen molar-refractivity contribution in [2.24, 2.45) is 4.99 Å². The Morgan fingerprint density at radius 2 is 2.23 bits per heavy atom. The Kier molecular flexibility index (Phi) is 7.01. The lowest BCUT2D eigenvalue weighted by molar-refractivity contribution is -0.137. The van der Waals surface area contributed by atoms with Crippen molar-refractivity contribution >= 4 is 23.4 Å². The molecule has 1 aliphatic heterocycles. The average Bonchev–Trinajstić information content (AvgIpc) is 3.32. The molecule has 0 radical (unpaired) electrons. The summed E-state index contributed by atoms with van der Waals surface area (Å²) in [7, 11) is 1.68. The molecule has 0 aromatic carbocycles. The Morgan fingerprint density at radius 1 is 1.43 bits per heavy atom. The third-order valence-electron chi connectivity index (χ3n) is 4.63. The molecule has 1 saturated heterocycles. The van der Waals surface area contributed by atoms with Crippen LogP contribution in [-0.4, -0.2) is 53.8 Å². The largest absolute Gasteiger partial charge is 0.417 e. The first-order chi connectivity index (χ1) is 14.3. The molecule has 164 valence electrons. The van der Waals surface area contributed by atoms with Crippen molar-refractivity contribution < 1.29 is 17.7 Å². The van der Waals surface area contributed by atoms with Gasteiger partial charge in [0.05, 0.1) is 10.6 Å². The normalized spacial score (nSPS) is 17.5. The van der Waals surface area contributed by atoms with Gasteiger partial charge in [-0.15, -0.1) is 0 Å². The predicted octanol–water partition coefficient (Wildman–Crippen LogP) is 2.82. The fraction of sp³-hybridized carbons (Fsp3) is 0.556. The van der Waals surface area contributed by atoms with E-state index in [1.807, 2.05) is 4.90 Å². The number of hydrogen-bond acceptors (Lipinski definition) is 6. The molecule has 3 rings (SSSR count). The minimum atomic E-state index is -4.47. The van der Waals surface area contributed by atoms with Gasteiger partial charge in [0.25, 0.3) is 0 Å². The van der Waals surface area contributed by atoms with Gasteiger partial charge in [0.2, 0.25) is 5.89 Å². The molecule has 0 bridgehead atoms. The first-order valence-electron chi connectivity index (χ1n) is 9.50. The number of aryl methyl sites for hydroxylation is 2. The summed E-state index contributed by atoms with van der Waals surface area (Å²) >= 11 is 6.05. The quantitative estimate of drug-likeness (QED) is 0.401. The van der Waals surface area contributed by atoms with Gasteiger partial charge in [-0.2, -0.15) is 18.2 Å². The van der Waals surface area contributed by atoms with E-state index in [0.29, 0.717) is 49.5 Å². The van der Waals surface area contributed by atoms with Crippen LogP contribution in [0.5, 0.6) is 0 Å². The smallest absolute Gasteiger partial charge is 0.356 e. The van der Waals surface area contributed by atoms with E-state index in [2.05, 4.69) is 30.8 Å². The maximum Gasteiger partial charge on any atom is 0.417 e. The van der Waals surface area contributed by atoms with Crippen molar-refractivity contribution in [3.05, 3.63) is 34.6 Å². The summed E-state index contributed by atoms with van der Waals surface area (Å²) in [5.41, 5.74) is -0.856. The summed E-state index contributed by atoms with van der Waals surface area (Å²) in [5, 5.41) is 10.3. The van der Waals surface area contributed by atoms with E-state index in [-0.39, 0.29) is 11.1 Å². The minimum Gasteiger partial charge on any atom is -0.356 e. The van der Waals surface area contributed by atoms with Gasteiger partial charge in [0.1, 0.15) is 5.82 Å². The number of aliphatic imine (C=N–C) groups is 1. The summed E-state index contributed by atoms with van der Waals surface area (Å²) in [4.78, 5) is 14.2. The summed E-state index contributed by atoms with van der Waals surface area (Å²) in [6.07, 6.45) is -1.41. The highest BCUT2D eigenvalue weighted by molar-refractivity contribution is 6.33. The summed E-state index contributed by atoms with van der Waals surface area (Å²) in [6.45, 7) is 3.63.